The highest BCUT2D eigenvalue weighted by atomic mass is 16.4. The molecule has 1 aromatic carbocycles. The number of carboxylic acid groups (broad SMARTS) is 1. The van der Waals surface area contributed by atoms with Gasteiger partial charge in [-0.1, -0.05) is 18.2 Å². The Morgan fingerprint density at radius 2 is 2.18 bits per heavy atom. The number of fused-ring (bicyclic) bond motifs is 1. The van der Waals surface area contributed by atoms with Crippen LogP contribution in [0.5, 0.6) is 0 Å². The molecule has 2 amide bonds. The van der Waals surface area contributed by atoms with Crippen LogP contribution in [-0.4, -0.2) is 35.1 Å². The van der Waals surface area contributed by atoms with Crippen LogP contribution in [0.15, 0.2) is 34.9 Å². The maximum Gasteiger partial charge on any atom is 0.317 e. The smallest absolute Gasteiger partial charge is 0.317 e. The van der Waals surface area contributed by atoms with Gasteiger partial charge in [0.15, 0.2) is 0 Å². The van der Waals surface area contributed by atoms with Crippen LogP contribution in [0.25, 0.3) is 11.0 Å². The van der Waals surface area contributed by atoms with Crippen molar-refractivity contribution >= 4 is 23.0 Å². The highest BCUT2D eigenvalue weighted by Gasteiger charge is 2.28. The van der Waals surface area contributed by atoms with Gasteiger partial charge in [0, 0.05) is 30.6 Å². The molecular formula is C16H18N2O4. The molecule has 6 nitrogen and oxygen atoms in total. The molecule has 22 heavy (non-hydrogen) atoms. The van der Waals surface area contributed by atoms with Gasteiger partial charge in [-0.05, 0) is 18.9 Å². The molecule has 2 N–H and O–H groups in total. The van der Waals surface area contributed by atoms with E-state index < -0.39 is 11.9 Å². The number of furan rings is 1. The maximum absolute atomic E-state index is 12.2. The number of likely N-dealkylation sites (tertiary alicyclic amines) is 1. The molecule has 1 fully saturated rings. The second-order valence-electron chi connectivity index (χ2n) is 5.54. The number of benzene rings is 1. The van der Waals surface area contributed by atoms with Gasteiger partial charge in [0.25, 0.3) is 0 Å². The van der Waals surface area contributed by atoms with Gasteiger partial charge < -0.3 is 19.7 Å². The predicted molar refractivity (Wildman–Crippen MR) is 80.4 cm³/mol. The third kappa shape index (κ3) is 2.90. The fourth-order valence-electron chi connectivity index (χ4n) is 2.82. The van der Waals surface area contributed by atoms with Crippen molar-refractivity contribution in [3.63, 3.8) is 0 Å². The number of nitrogens with zero attached hydrogens (tertiary/aromatic N) is 1. The number of para-hydroxylation sites is 1. The quantitative estimate of drug-likeness (QED) is 0.912. The molecule has 1 atom stereocenters. The first-order valence-electron chi connectivity index (χ1n) is 7.36. The molecule has 0 aliphatic carbocycles. The summed E-state index contributed by atoms with van der Waals surface area (Å²) in [5.41, 5.74) is 1.70. The number of carboxylic acids is 1. The summed E-state index contributed by atoms with van der Waals surface area (Å²) < 4.78 is 5.43. The van der Waals surface area contributed by atoms with E-state index in [0.717, 1.165) is 23.0 Å². The standard InChI is InChI=1S/C16H18N2O4/c19-15(20)11-4-3-7-18(9-11)16(21)17-8-12-10-22-14-6-2-1-5-13(12)14/h1-2,5-6,10-11H,3-4,7-9H2,(H,17,21)(H,19,20). The van der Waals surface area contributed by atoms with Gasteiger partial charge in [0.1, 0.15) is 5.58 Å². The molecule has 1 aliphatic heterocycles. The minimum absolute atomic E-state index is 0.226. The minimum Gasteiger partial charge on any atom is -0.481 e. The van der Waals surface area contributed by atoms with E-state index in [-0.39, 0.29) is 12.6 Å². The van der Waals surface area contributed by atoms with Gasteiger partial charge >= 0.3 is 12.0 Å². The Balaban J connectivity index is 1.61. The molecule has 1 unspecified atom stereocenters. The van der Waals surface area contributed by atoms with E-state index in [4.69, 9.17) is 9.52 Å². The summed E-state index contributed by atoms with van der Waals surface area (Å²) in [4.78, 5) is 24.8. The highest BCUT2D eigenvalue weighted by molar-refractivity contribution is 5.82. The zero-order chi connectivity index (χ0) is 15.5. The van der Waals surface area contributed by atoms with Crippen molar-refractivity contribution in [2.75, 3.05) is 13.1 Å². The normalized spacial score (nSPS) is 18.4. The van der Waals surface area contributed by atoms with Gasteiger partial charge in [-0.15, -0.1) is 0 Å². The summed E-state index contributed by atoms with van der Waals surface area (Å²) in [7, 11) is 0. The van der Waals surface area contributed by atoms with Crippen LogP contribution in [0.4, 0.5) is 4.79 Å². The van der Waals surface area contributed by atoms with E-state index in [1.54, 1.807) is 11.2 Å². The molecule has 0 spiro atoms. The summed E-state index contributed by atoms with van der Waals surface area (Å²) >= 11 is 0. The lowest BCUT2D eigenvalue weighted by Crippen LogP contribution is -2.46. The molecule has 2 aromatic rings. The molecular weight excluding hydrogens is 284 g/mol. The second-order valence-corrected chi connectivity index (χ2v) is 5.54. The number of hydrogen-bond acceptors (Lipinski definition) is 3. The third-order valence-corrected chi connectivity index (χ3v) is 4.05. The number of aliphatic carboxylic acids is 1. The second kappa shape index (κ2) is 6.09. The first-order chi connectivity index (χ1) is 10.6. The van der Waals surface area contributed by atoms with Crippen molar-refractivity contribution in [3.8, 4) is 0 Å². The number of piperidine rings is 1. The number of rotatable bonds is 3. The van der Waals surface area contributed by atoms with Gasteiger partial charge in [0.2, 0.25) is 0 Å². The number of nitrogens with one attached hydrogen (secondary N) is 1. The monoisotopic (exact) mass is 302 g/mol. The van der Waals surface area contributed by atoms with Gasteiger partial charge in [0.05, 0.1) is 12.2 Å². The van der Waals surface area contributed by atoms with Gasteiger partial charge in [-0.2, -0.15) is 0 Å². The Morgan fingerprint density at radius 3 is 3.00 bits per heavy atom. The minimum atomic E-state index is -0.835. The summed E-state index contributed by atoms with van der Waals surface area (Å²) in [6, 6.07) is 7.42. The average molecular weight is 302 g/mol. The van der Waals surface area contributed by atoms with Crippen molar-refractivity contribution < 1.29 is 19.1 Å². The molecule has 1 aliphatic rings. The summed E-state index contributed by atoms with van der Waals surface area (Å²) in [6.45, 7) is 1.24. The van der Waals surface area contributed by atoms with E-state index in [0.29, 0.717) is 19.5 Å². The zero-order valence-electron chi connectivity index (χ0n) is 12.1. The van der Waals surface area contributed by atoms with Crippen LogP contribution in [0.3, 0.4) is 0 Å². The van der Waals surface area contributed by atoms with E-state index in [1.807, 2.05) is 24.3 Å². The lowest BCUT2D eigenvalue weighted by molar-refractivity contribution is -0.143. The van der Waals surface area contributed by atoms with Gasteiger partial charge in [-0.3, -0.25) is 4.79 Å². The lowest BCUT2D eigenvalue weighted by Gasteiger charge is -2.30. The Morgan fingerprint density at radius 1 is 1.36 bits per heavy atom. The van der Waals surface area contributed by atoms with Crippen LogP contribution >= 0.6 is 0 Å². The molecule has 116 valence electrons. The molecule has 2 heterocycles. The van der Waals surface area contributed by atoms with Crippen LogP contribution in [-0.2, 0) is 11.3 Å². The third-order valence-electron chi connectivity index (χ3n) is 4.05. The topological polar surface area (TPSA) is 82.8 Å². The summed E-state index contributed by atoms with van der Waals surface area (Å²) in [5.74, 6) is -1.30. The SMILES string of the molecule is O=C(O)C1CCCN(C(=O)NCc2coc3ccccc23)C1. The zero-order valence-corrected chi connectivity index (χ0v) is 12.1. The molecule has 1 saturated heterocycles. The number of carbonyl (C=O) groups is 2. The summed E-state index contributed by atoms with van der Waals surface area (Å²) in [6.07, 6.45) is 2.99. The Labute approximate surface area is 127 Å². The molecule has 1 aromatic heterocycles. The van der Waals surface area contributed by atoms with Crippen LogP contribution in [0.2, 0.25) is 0 Å². The Hall–Kier alpha value is -2.50. The van der Waals surface area contributed by atoms with Crippen molar-refractivity contribution in [2.24, 2.45) is 5.92 Å². The molecule has 0 bridgehead atoms. The fraction of sp³-hybridized carbons (Fsp3) is 0.375. The number of urea groups is 1. The molecule has 0 radical (unpaired) electrons. The van der Waals surface area contributed by atoms with Crippen molar-refractivity contribution in [1.82, 2.24) is 10.2 Å². The van der Waals surface area contributed by atoms with Crippen LogP contribution < -0.4 is 5.32 Å². The largest absolute Gasteiger partial charge is 0.481 e. The van der Waals surface area contributed by atoms with Crippen molar-refractivity contribution in [3.05, 3.63) is 36.1 Å². The van der Waals surface area contributed by atoms with Crippen molar-refractivity contribution in [1.29, 1.82) is 0 Å². The number of carbonyl (C=O) groups excluding carboxylic acids is 1. The number of hydrogen-bond donors (Lipinski definition) is 2. The van der Waals surface area contributed by atoms with E-state index >= 15 is 0 Å². The molecule has 6 heteroatoms. The van der Waals surface area contributed by atoms with E-state index in [2.05, 4.69) is 5.32 Å². The Bertz CT molecular complexity index is 694. The van der Waals surface area contributed by atoms with E-state index in [1.165, 1.54) is 0 Å². The average Bonchev–Trinajstić information content (AvgIpc) is 2.96. The van der Waals surface area contributed by atoms with Gasteiger partial charge in [-0.25, -0.2) is 4.79 Å². The van der Waals surface area contributed by atoms with Crippen LogP contribution in [0, 0.1) is 5.92 Å². The number of amides is 2. The Kier molecular flexibility index (Phi) is 4.00. The predicted octanol–water partition coefficient (Wildman–Crippen LogP) is 2.44. The molecule has 0 saturated carbocycles. The first kappa shape index (κ1) is 14.4. The lowest BCUT2D eigenvalue weighted by atomic mass is 9.99. The molecule has 3 rings (SSSR count). The van der Waals surface area contributed by atoms with Crippen LogP contribution in [0.1, 0.15) is 18.4 Å². The first-order valence-corrected chi connectivity index (χ1v) is 7.36. The highest BCUT2D eigenvalue weighted by Crippen LogP contribution is 2.21. The maximum atomic E-state index is 12.2. The summed E-state index contributed by atoms with van der Waals surface area (Å²) in [5, 5.41) is 12.9. The van der Waals surface area contributed by atoms with E-state index in [9.17, 15) is 9.59 Å². The fourth-order valence-corrected chi connectivity index (χ4v) is 2.82. The van der Waals surface area contributed by atoms with Crippen molar-refractivity contribution in [2.45, 2.75) is 19.4 Å².